The largest absolute Gasteiger partial charge is 0.324 e. The van der Waals surface area contributed by atoms with Gasteiger partial charge in [-0.3, -0.25) is 14.5 Å². The number of aliphatic imine (C=N–C) groups is 1. The van der Waals surface area contributed by atoms with Gasteiger partial charge in [0.1, 0.15) is 11.9 Å². The normalized spacial score (nSPS) is 17.3. The predicted octanol–water partition coefficient (Wildman–Crippen LogP) is 3.08. The van der Waals surface area contributed by atoms with Gasteiger partial charge in [0.2, 0.25) is 5.91 Å². The summed E-state index contributed by atoms with van der Waals surface area (Å²) in [5.74, 6) is -0.147. The number of carbonyl (C=O) groups is 1. The summed E-state index contributed by atoms with van der Waals surface area (Å²) in [5, 5.41) is 2.83. The number of nitrogens with zero attached hydrogens (tertiary/aromatic N) is 2. The Labute approximate surface area is 170 Å². The number of thiazole rings is 1. The van der Waals surface area contributed by atoms with Crippen molar-refractivity contribution < 1.29 is 13.2 Å². The first-order valence-electron chi connectivity index (χ1n) is 8.33. The highest BCUT2D eigenvalue weighted by Crippen LogP contribution is 2.30. The maximum absolute atomic E-state index is 12.6. The third-order valence-corrected chi connectivity index (χ3v) is 7.58. The van der Waals surface area contributed by atoms with E-state index in [-0.39, 0.29) is 16.6 Å². The molecule has 28 heavy (non-hydrogen) atoms. The maximum Gasteiger partial charge on any atom is 0.263 e. The van der Waals surface area contributed by atoms with E-state index in [9.17, 15) is 13.2 Å². The average molecular weight is 433 g/mol. The summed E-state index contributed by atoms with van der Waals surface area (Å²) in [6.07, 6.45) is 1.97. The van der Waals surface area contributed by atoms with E-state index < -0.39 is 16.1 Å². The molecule has 1 aliphatic heterocycles. The molecule has 0 saturated carbocycles. The highest BCUT2D eigenvalue weighted by molar-refractivity contribution is 8.00. The Balaban J connectivity index is 1.55. The number of nitrogens with one attached hydrogen (secondary N) is 2. The molecule has 144 valence electrons. The lowest BCUT2D eigenvalue weighted by atomic mass is 10.2. The highest BCUT2D eigenvalue weighted by Gasteiger charge is 2.31. The molecule has 1 amide bonds. The molecule has 3 aromatic rings. The summed E-state index contributed by atoms with van der Waals surface area (Å²) in [6, 6.07) is 11.3. The fraction of sp³-hybridized carbons (Fsp3) is 0.167. The van der Waals surface area contributed by atoms with Crippen LogP contribution >= 0.6 is 23.1 Å². The smallest absolute Gasteiger partial charge is 0.263 e. The van der Waals surface area contributed by atoms with Gasteiger partial charge in [-0.05, 0) is 43.5 Å². The molecule has 4 rings (SSSR count). The monoisotopic (exact) mass is 432 g/mol. The summed E-state index contributed by atoms with van der Waals surface area (Å²) in [5.41, 5.74) is 2.00. The van der Waals surface area contributed by atoms with E-state index in [1.165, 1.54) is 6.07 Å². The maximum atomic E-state index is 12.6. The number of amides is 1. The van der Waals surface area contributed by atoms with Crippen LogP contribution < -0.4 is 10.0 Å². The first-order chi connectivity index (χ1) is 13.4. The quantitative estimate of drug-likeness (QED) is 0.617. The van der Waals surface area contributed by atoms with Gasteiger partial charge in [-0.2, -0.15) is 0 Å². The van der Waals surface area contributed by atoms with Gasteiger partial charge in [-0.1, -0.05) is 23.9 Å². The van der Waals surface area contributed by atoms with Crippen molar-refractivity contribution in [3.8, 4) is 0 Å². The minimum atomic E-state index is -3.63. The number of carbonyl (C=O) groups excluding carboxylic acids is 1. The molecule has 0 bridgehead atoms. The van der Waals surface area contributed by atoms with Crippen molar-refractivity contribution >= 4 is 60.8 Å². The summed E-state index contributed by atoms with van der Waals surface area (Å²) >= 11 is 3.14. The number of fused-ring (bicyclic) bond motifs is 2. The zero-order valence-electron chi connectivity index (χ0n) is 15.0. The number of hydrogen-bond acceptors (Lipinski definition) is 7. The third-order valence-electron chi connectivity index (χ3n) is 4.18. The molecule has 0 aliphatic carbocycles. The van der Waals surface area contributed by atoms with Crippen LogP contribution in [0.5, 0.6) is 0 Å². The molecular formula is C18H16N4O3S3. The molecule has 10 heteroatoms. The molecule has 0 unspecified atom stereocenters. The lowest BCUT2D eigenvalue weighted by Crippen LogP contribution is -2.28. The molecule has 2 aromatic carbocycles. The van der Waals surface area contributed by atoms with Crippen LogP contribution in [0.25, 0.3) is 10.2 Å². The number of benzene rings is 2. The standard InChI is InChI=1S/C18H16N4O3S3/c1-10(19-16-12-5-3-4-6-15(12)28(24,25)22-16)17(23)20-11-7-8-13-14(9-11)27-18(21-13)26-2/h3-10H,1-2H3,(H,19,22)(H,20,23)/t10-/m1/s1. The van der Waals surface area contributed by atoms with Crippen LogP contribution in [-0.2, 0) is 14.8 Å². The average Bonchev–Trinajstić information content (AvgIpc) is 3.20. The second-order valence-electron chi connectivity index (χ2n) is 6.11. The van der Waals surface area contributed by atoms with Crippen LogP contribution in [0.2, 0.25) is 0 Å². The predicted molar refractivity (Wildman–Crippen MR) is 113 cm³/mol. The first kappa shape index (κ1) is 18.9. The summed E-state index contributed by atoms with van der Waals surface area (Å²) in [4.78, 5) is 21.5. The number of rotatable bonds is 4. The van der Waals surface area contributed by atoms with Crippen LogP contribution in [0, 0.1) is 0 Å². The molecule has 7 nitrogen and oxygen atoms in total. The number of thioether (sulfide) groups is 1. The van der Waals surface area contributed by atoms with E-state index in [4.69, 9.17) is 0 Å². The zero-order chi connectivity index (χ0) is 19.9. The van der Waals surface area contributed by atoms with Crippen LogP contribution in [0.15, 0.2) is 56.7 Å². The fourth-order valence-corrected chi connectivity index (χ4v) is 5.56. The Kier molecular flexibility index (Phi) is 4.86. The number of amidine groups is 1. The molecule has 1 atom stereocenters. The van der Waals surface area contributed by atoms with Crippen molar-refractivity contribution in [2.75, 3.05) is 11.6 Å². The molecule has 0 radical (unpaired) electrons. The van der Waals surface area contributed by atoms with Crippen molar-refractivity contribution in [2.24, 2.45) is 4.99 Å². The van der Waals surface area contributed by atoms with E-state index in [2.05, 4.69) is 20.0 Å². The second kappa shape index (κ2) is 7.19. The molecule has 0 saturated heterocycles. The first-order valence-corrected chi connectivity index (χ1v) is 11.9. The van der Waals surface area contributed by atoms with E-state index in [1.54, 1.807) is 54.3 Å². The van der Waals surface area contributed by atoms with E-state index in [0.29, 0.717) is 11.3 Å². The Bertz CT molecular complexity index is 1220. The molecule has 1 aromatic heterocycles. The fourth-order valence-electron chi connectivity index (χ4n) is 2.80. The Hall–Kier alpha value is -2.43. The highest BCUT2D eigenvalue weighted by atomic mass is 32.2. The lowest BCUT2D eigenvalue weighted by Gasteiger charge is -2.10. The molecule has 1 aliphatic rings. The van der Waals surface area contributed by atoms with Crippen molar-refractivity contribution in [3.63, 3.8) is 0 Å². The van der Waals surface area contributed by atoms with Crippen molar-refractivity contribution in [1.29, 1.82) is 0 Å². The van der Waals surface area contributed by atoms with Crippen molar-refractivity contribution in [3.05, 3.63) is 48.0 Å². The molecule has 2 heterocycles. The summed E-state index contributed by atoms with van der Waals surface area (Å²) in [6.45, 7) is 1.62. The topological polar surface area (TPSA) is 101 Å². The van der Waals surface area contributed by atoms with E-state index >= 15 is 0 Å². The van der Waals surface area contributed by atoms with Gasteiger partial charge in [0.05, 0.1) is 15.1 Å². The Morgan fingerprint density at radius 2 is 2.07 bits per heavy atom. The summed E-state index contributed by atoms with van der Waals surface area (Å²) < 4.78 is 28.7. The second-order valence-corrected chi connectivity index (χ2v) is 9.85. The number of anilines is 1. The van der Waals surface area contributed by atoms with E-state index in [1.807, 2.05) is 18.4 Å². The minimum absolute atomic E-state index is 0.168. The lowest BCUT2D eigenvalue weighted by molar-refractivity contribution is -0.117. The van der Waals surface area contributed by atoms with Gasteiger partial charge in [0.15, 0.2) is 4.34 Å². The van der Waals surface area contributed by atoms with Gasteiger partial charge in [-0.25, -0.2) is 13.4 Å². The van der Waals surface area contributed by atoms with Gasteiger partial charge in [-0.15, -0.1) is 11.3 Å². The van der Waals surface area contributed by atoms with Gasteiger partial charge in [0.25, 0.3) is 10.0 Å². The van der Waals surface area contributed by atoms with Crippen LogP contribution in [-0.4, -0.2) is 37.4 Å². The Morgan fingerprint density at radius 1 is 1.29 bits per heavy atom. The molecular weight excluding hydrogens is 416 g/mol. The van der Waals surface area contributed by atoms with Crippen LogP contribution in [0.1, 0.15) is 12.5 Å². The van der Waals surface area contributed by atoms with Crippen molar-refractivity contribution in [1.82, 2.24) is 9.71 Å². The van der Waals surface area contributed by atoms with Crippen molar-refractivity contribution in [2.45, 2.75) is 22.2 Å². The SMILES string of the molecule is CSc1nc2ccc(NC(=O)[C@@H](C)N=C3NS(=O)(=O)c4ccccc43)cc2s1. The number of aromatic nitrogens is 1. The van der Waals surface area contributed by atoms with Gasteiger partial charge in [0, 0.05) is 11.3 Å². The molecule has 2 N–H and O–H groups in total. The summed E-state index contributed by atoms with van der Waals surface area (Å²) in [7, 11) is -3.63. The van der Waals surface area contributed by atoms with Crippen LogP contribution in [0.4, 0.5) is 5.69 Å². The zero-order valence-corrected chi connectivity index (χ0v) is 17.4. The minimum Gasteiger partial charge on any atom is -0.324 e. The molecule has 0 spiro atoms. The van der Waals surface area contributed by atoms with Crippen LogP contribution in [0.3, 0.4) is 0 Å². The van der Waals surface area contributed by atoms with Gasteiger partial charge >= 0.3 is 0 Å². The van der Waals surface area contributed by atoms with E-state index in [0.717, 1.165) is 14.6 Å². The molecule has 0 fully saturated rings. The number of hydrogen-bond donors (Lipinski definition) is 2. The third kappa shape index (κ3) is 3.50. The van der Waals surface area contributed by atoms with Gasteiger partial charge < -0.3 is 5.32 Å². The number of sulfonamides is 1. The Morgan fingerprint density at radius 3 is 2.86 bits per heavy atom.